The van der Waals surface area contributed by atoms with Crippen molar-refractivity contribution < 1.29 is 14.3 Å². The zero-order valence-electron chi connectivity index (χ0n) is 17.9. The SMILES string of the molecule is CCOCCCNc1nc2ccccn2c(=O)c1/C=C1/SC(=S)N(CC2CCCO2)C1=O. The van der Waals surface area contributed by atoms with Gasteiger partial charge in [0.25, 0.3) is 11.5 Å². The first-order chi connectivity index (χ1) is 15.6. The summed E-state index contributed by atoms with van der Waals surface area (Å²) in [5.74, 6) is 0.248. The van der Waals surface area contributed by atoms with Crippen molar-refractivity contribution in [1.29, 1.82) is 0 Å². The van der Waals surface area contributed by atoms with E-state index in [9.17, 15) is 9.59 Å². The van der Waals surface area contributed by atoms with E-state index in [2.05, 4.69) is 10.3 Å². The minimum absolute atomic E-state index is 0.00683. The van der Waals surface area contributed by atoms with E-state index in [1.165, 1.54) is 16.2 Å². The molecular weight excluding hydrogens is 448 g/mol. The van der Waals surface area contributed by atoms with Gasteiger partial charge in [0.2, 0.25) is 0 Å². The Labute approximate surface area is 196 Å². The van der Waals surface area contributed by atoms with E-state index in [0.717, 1.165) is 19.3 Å². The fourth-order valence-electron chi connectivity index (χ4n) is 3.67. The fourth-order valence-corrected chi connectivity index (χ4v) is 4.93. The number of hydrogen-bond donors (Lipinski definition) is 1. The van der Waals surface area contributed by atoms with Gasteiger partial charge in [0, 0.05) is 32.6 Å². The molecule has 0 saturated carbocycles. The zero-order valence-corrected chi connectivity index (χ0v) is 19.5. The molecule has 2 aromatic heterocycles. The molecule has 170 valence electrons. The average Bonchev–Trinajstić information content (AvgIpc) is 3.40. The first-order valence-corrected chi connectivity index (χ1v) is 12.0. The van der Waals surface area contributed by atoms with E-state index in [-0.39, 0.29) is 17.6 Å². The molecule has 0 radical (unpaired) electrons. The number of pyridine rings is 1. The standard InChI is InChI=1S/C22H26N4O4S2/c1-2-29-11-6-9-23-19-16(20(27)25-10-4-3-8-18(25)24-19)13-17-21(28)26(22(31)32-17)14-15-7-5-12-30-15/h3-4,8,10,13,15,23H,2,5-7,9,11-12,14H2,1H3/b17-13+. The van der Waals surface area contributed by atoms with Crippen molar-refractivity contribution in [1.82, 2.24) is 14.3 Å². The second-order valence-electron chi connectivity index (χ2n) is 7.51. The number of amides is 1. The number of nitrogens with one attached hydrogen (secondary N) is 1. The van der Waals surface area contributed by atoms with Crippen LogP contribution in [0.15, 0.2) is 34.1 Å². The molecule has 0 bridgehead atoms. The third kappa shape index (κ3) is 5.03. The van der Waals surface area contributed by atoms with Gasteiger partial charge in [-0.3, -0.25) is 18.9 Å². The summed E-state index contributed by atoms with van der Waals surface area (Å²) in [6.07, 6.45) is 5.96. The number of aromatic nitrogens is 2. The van der Waals surface area contributed by atoms with Gasteiger partial charge in [-0.05, 0) is 44.4 Å². The number of carbonyl (C=O) groups is 1. The van der Waals surface area contributed by atoms with E-state index in [1.54, 1.807) is 29.3 Å². The Morgan fingerprint density at radius 2 is 2.28 bits per heavy atom. The van der Waals surface area contributed by atoms with Gasteiger partial charge in [0.1, 0.15) is 15.8 Å². The van der Waals surface area contributed by atoms with Crippen LogP contribution in [0, 0.1) is 0 Å². The molecule has 1 atom stereocenters. The Bertz CT molecular complexity index is 1100. The first kappa shape index (κ1) is 22.9. The van der Waals surface area contributed by atoms with Crippen LogP contribution in [0.4, 0.5) is 5.82 Å². The molecule has 0 aromatic carbocycles. The molecule has 2 aromatic rings. The average molecular weight is 475 g/mol. The number of ether oxygens (including phenoxy) is 2. The summed E-state index contributed by atoms with van der Waals surface area (Å²) in [6.45, 7) is 4.98. The van der Waals surface area contributed by atoms with Crippen molar-refractivity contribution in [2.75, 3.05) is 38.2 Å². The van der Waals surface area contributed by atoms with Crippen LogP contribution in [0.3, 0.4) is 0 Å². The smallest absolute Gasteiger partial charge is 0.267 e. The normalized spacial score (nSPS) is 20.1. The van der Waals surface area contributed by atoms with Crippen LogP contribution >= 0.6 is 24.0 Å². The quantitative estimate of drug-likeness (QED) is 0.337. The van der Waals surface area contributed by atoms with Crippen molar-refractivity contribution in [2.45, 2.75) is 32.3 Å². The molecule has 1 unspecified atom stereocenters. The van der Waals surface area contributed by atoms with Crippen molar-refractivity contribution >= 4 is 51.7 Å². The molecule has 2 aliphatic rings. The maximum atomic E-state index is 13.2. The van der Waals surface area contributed by atoms with Gasteiger partial charge in [-0.2, -0.15) is 0 Å². The largest absolute Gasteiger partial charge is 0.382 e. The van der Waals surface area contributed by atoms with Crippen molar-refractivity contribution in [3.63, 3.8) is 0 Å². The number of thioether (sulfide) groups is 1. The maximum Gasteiger partial charge on any atom is 0.267 e. The Hall–Kier alpha value is -2.27. The van der Waals surface area contributed by atoms with Gasteiger partial charge in [0.15, 0.2) is 0 Å². The molecule has 2 fully saturated rings. The Morgan fingerprint density at radius 3 is 3.06 bits per heavy atom. The second-order valence-corrected chi connectivity index (χ2v) is 9.19. The number of nitrogens with zero attached hydrogens (tertiary/aromatic N) is 3. The Balaban J connectivity index is 1.63. The fraction of sp³-hybridized carbons (Fsp3) is 0.455. The maximum absolute atomic E-state index is 13.2. The monoisotopic (exact) mass is 474 g/mol. The summed E-state index contributed by atoms with van der Waals surface area (Å²) >= 11 is 6.65. The van der Waals surface area contributed by atoms with Gasteiger partial charge in [-0.15, -0.1) is 0 Å². The molecule has 2 saturated heterocycles. The highest BCUT2D eigenvalue weighted by Crippen LogP contribution is 2.34. The molecule has 10 heteroatoms. The Kier molecular flexibility index (Phi) is 7.56. The number of hydrogen-bond acceptors (Lipinski definition) is 8. The topological polar surface area (TPSA) is 85.2 Å². The summed E-state index contributed by atoms with van der Waals surface area (Å²) in [6, 6.07) is 5.38. The predicted octanol–water partition coefficient (Wildman–Crippen LogP) is 2.91. The molecular formula is C22H26N4O4S2. The van der Waals surface area contributed by atoms with Gasteiger partial charge >= 0.3 is 0 Å². The van der Waals surface area contributed by atoms with E-state index in [0.29, 0.717) is 59.2 Å². The third-order valence-electron chi connectivity index (χ3n) is 5.29. The number of rotatable bonds is 9. The Morgan fingerprint density at radius 1 is 1.41 bits per heavy atom. The van der Waals surface area contributed by atoms with Crippen molar-refractivity contribution in [2.24, 2.45) is 0 Å². The minimum atomic E-state index is -0.243. The second kappa shape index (κ2) is 10.6. The summed E-state index contributed by atoms with van der Waals surface area (Å²) < 4.78 is 13.0. The highest BCUT2D eigenvalue weighted by Gasteiger charge is 2.35. The first-order valence-electron chi connectivity index (χ1n) is 10.8. The lowest BCUT2D eigenvalue weighted by Crippen LogP contribution is -2.35. The van der Waals surface area contributed by atoms with E-state index in [4.69, 9.17) is 21.7 Å². The summed E-state index contributed by atoms with van der Waals surface area (Å²) in [7, 11) is 0. The van der Waals surface area contributed by atoms with Gasteiger partial charge in [-0.1, -0.05) is 30.0 Å². The van der Waals surface area contributed by atoms with Crippen molar-refractivity contribution in [3.05, 3.63) is 45.2 Å². The van der Waals surface area contributed by atoms with Crippen LogP contribution in [-0.4, -0.2) is 63.5 Å². The van der Waals surface area contributed by atoms with Crippen LogP contribution < -0.4 is 10.9 Å². The molecule has 2 aliphatic heterocycles. The van der Waals surface area contributed by atoms with Crippen molar-refractivity contribution in [3.8, 4) is 0 Å². The highest BCUT2D eigenvalue weighted by atomic mass is 32.2. The third-order valence-corrected chi connectivity index (χ3v) is 6.67. The minimum Gasteiger partial charge on any atom is -0.382 e. The number of fused-ring (bicyclic) bond motifs is 1. The van der Waals surface area contributed by atoms with Crippen LogP contribution in [0.5, 0.6) is 0 Å². The lowest BCUT2D eigenvalue weighted by atomic mass is 10.2. The van der Waals surface area contributed by atoms with Crippen LogP contribution in [0.2, 0.25) is 0 Å². The number of carbonyl (C=O) groups excluding carboxylic acids is 1. The summed E-state index contributed by atoms with van der Waals surface area (Å²) in [5, 5.41) is 3.24. The molecule has 8 nitrogen and oxygen atoms in total. The van der Waals surface area contributed by atoms with E-state index < -0.39 is 0 Å². The molecule has 4 rings (SSSR count). The lowest BCUT2D eigenvalue weighted by Gasteiger charge is -2.18. The highest BCUT2D eigenvalue weighted by molar-refractivity contribution is 8.26. The summed E-state index contributed by atoms with van der Waals surface area (Å²) in [5.41, 5.74) is 0.628. The zero-order chi connectivity index (χ0) is 22.5. The molecule has 0 spiro atoms. The van der Waals surface area contributed by atoms with Gasteiger partial charge < -0.3 is 14.8 Å². The van der Waals surface area contributed by atoms with Crippen LogP contribution in [0.1, 0.15) is 31.7 Å². The van der Waals surface area contributed by atoms with E-state index >= 15 is 0 Å². The number of anilines is 1. The lowest BCUT2D eigenvalue weighted by molar-refractivity contribution is -0.123. The summed E-state index contributed by atoms with van der Waals surface area (Å²) in [4.78, 5) is 32.9. The van der Waals surface area contributed by atoms with Gasteiger partial charge in [0.05, 0.1) is 23.1 Å². The molecule has 0 aliphatic carbocycles. The molecule has 4 heterocycles. The number of thiocarbonyl (C=S) groups is 1. The predicted molar refractivity (Wildman–Crippen MR) is 130 cm³/mol. The molecule has 32 heavy (non-hydrogen) atoms. The molecule has 1 N–H and O–H groups in total. The molecule has 1 amide bonds. The van der Waals surface area contributed by atoms with Crippen LogP contribution in [0.25, 0.3) is 11.7 Å². The van der Waals surface area contributed by atoms with Crippen LogP contribution in [-0.2, 0) is 14.3 Å². The van der Waals surface area contributed by atoms with Gasteiger partial charge in [-0.25, -0.2) is 4.98 Å². The van der Waals surface area contributed by atoms with E-state index in [1.807, 2.05) is 13.0 Å².